The van der Waals surface area contributed by atoms with Gasteiger partial charge in [-0.2, -0.15) is 0 Å². The Labute approximate surface area is 125 Å². The zero-order valence-electron chi connectivity index (χ0n) is 11.3. The van der Waals surface area contributed by atoms with Crippen molar-refractivity contribution in [2.75, 3.05) is 0 Å². The summed E-state index contributed by atoms with van der Waals surface area (Å²) in [7, 11) is -3.31. The fourth-order valence-corrected chi connectivity index (χ4v) is 4.12. The van der Waals surface area contributed by atoms with Gasteiger partial charge in [-0.25, -0.2) is 13.1 Å². The number of hydrogen-bond acceptors (Lipinski definition) is 3. The molecule has 0 bridgehead atoms. The van der Waals surface area contributed by atoms with E-state index in [2.05, 4.69) is 4.72 Å². The first-order valence-electron chi connectivity index (χ1n) is 6.85. The van der Waals surface area contributed by atoms with Crippen LogP contribution in [0.25, 0.3) is 0 Å². The molecule has 20 heavy (non-hydrogen) atoms. The van der Waals surface area contributed by atoms with Crippen molar-refractivity contribution in [1.29, 1.82) is 0 Å². The van der Waals surface area contributed by atoms with Crippen molar-refractivity contribution in [1.82, 2.24) is 4.72 Å². The highest BCUT2D eigenvalue weighted by atomic mass is 32.2. The maximum atomic E-state index is 12.2. The van der Waals surface area contributed by atoms with Crippen molar-refractivity contribution in [3.8, 4) is 0 Å². The Morgan fingerprint density at radius 1 is 1.30 bits per heavy atom. The van der Waals surface area contributed by atoms with Gasteiger partial charge in [-0.05, 0) is 24.5 Å². The molecule has 3 N–H and O–H groups in total. The first-order chi connectivity index (χ1) is 9.46. The van der Waals surface area contributed by atoms with Gasteiger partial charge in [-0.15, -0.1) is 0 Å². The van der Waals surface area contributed by atoms with Crippen LogP contribution < -0.4 is 10.5 Å². The number of rotatable bonds is 5. The number of nitrogens with one attached hydrogen (secondary N) is 1. The average molecular weight is 312 g/mol. The molecule has 0 amide bonds. The van der Waals surface area contributed by atoms with Gasteiger partial charge in [0.1, 0.15) is 4.99 Å². The summed E-state index contributed by atoms with van der Waals surface area (Å²) < 4.78 is 27.1. The summed E-state index contributed by atoms with van der Waals surface area (Å²) in [6.07, 6.45) is 5.28. The molecule has 2 rings (SSSR count). The van der Waals surface area contributed by atoms with Crippen LogP contribution in [0.1, 0.15) is 43.2 Å². The molecule has 1 aliphatic rings. The number of benzene rings is 1. The van der Waals surface area contributed by atoms with Crippen LogP contribution in [0.4, 0.5) is 0 Å². The van der Waals surface area contributed by atoms with E-state index in [0.29, 0.717) is 11.1 Å². The summed E-state index contributed by atoms with van der Waals surface area (Å²) in [5.41, 5.74) is 6.97. The Morgan fingerprint density at radius 2 is 2.00 bits per heavy atom. The Balaban J connectivity index is 2.03. The third-order valence-electron chi connectivity index (χ3n) is 3.52. The van der Waals surface area contributed by atoms with Crippen LogP contribution in [0.5, 0.6) is 0 Å². The Hall–Kier alpha value is -0.980. The second-order valence-corrected chi connectivity index (χ2v) is 7.47. The SMILES string of the molecule is NC(=S)c1cccc(CS(=O)(=O)NC2CCCCC2)c1. The van der Waals surface area contributed by atoms with E-state index >= 15 is 0 Å². The number of hydrogen-bond donors (Lipinski definition) is 2. The highest BCUT2D eigenvalue weighted by Gasteiger charge is 2.20. The first kappa shape index (κ1) is 15.4. The van der Waals surface area contributed by atoms with Crippen molar-refractivity contribution in [2.45, 2.75) is 43.9 Å². The minimum Gasteiger partial charge on any atom is -0.389 e. The van der Waals surface area contributed by atoms with Gasteiger partial charge in [0.05, 0.1) is 5.75 Å². The quantitative estimate of drug-likeness (QED) is 0.817. The van der Waals surface area contributed by atoms with Crippen LogP contribution in [0.15, 0.2) is 24.3 Å². The van der Waals surface area contributed by atoms with Gasteiger partial charge in [0.15, 0.2) is 0 Å². The molecule has 0 saturated heterocycles. The van der Waals surface area contributed by atoms with Crippen molar-refractivity contribution >= 4 is 27.2 Å². The predicted octanol–water partition coefficient (Wildman–Crippen LogP) is 2.07. The fourth-order valence-electron chi connectivity index (χ4n) is 2.55. The third-order valence-corrected chi connectivity index (χ3v) is 5.16. The van der Waals surface area contributed by atoms with E-state index in [0.717, 1.165) is 25.7 Å². The van der Waals surface area contributed by atoms with Crippen molar-refractivity contribution in [2.24, 2.45) is 5.73 Å². The van der Waals surface area contributed by atoms with E-state index in [4.69, 9.17) is 18.0 Å². The second-order valence-electron chi connectivity index (χ2n) is 5.28. The van der Waals surface area contributed by atoms with E-state index in [1.165, 1.54) is 6.42 Å². The maximum Gasteiger partial charge on any atom is 0.216 e. The van der Waals surface area contributed by atoms with Crippen molar-refractivity contribution in [3.05, 3.63) is 35.4 Å². The topological polar surface area (TPSA) is 72.2 Å². The Bertz CT molecular complexity index is 579. The lowest BCUT2D eigenvalue weighted by Crippen LogP contribution is -2.36. The van der Waals surface area contributed by atoms with Crippen LogP contribution in [0.3, 0.4) is 0 Å². The lowest BCUT2D eigenvalue weighted by atomic mass is 9.96. The zero-order valence-corrected chi connectivity index (χ0v) is 13.0. The van der Waals surface area contributed by atoms with E-state index in [9.17, 15) is 8.42 Å². The molecule has 6 heteroatoms. The van der Waals surface area contributed by atoms with E-state index in [1.54, 1.807) is 24.3 Å². The molecular formula is C14H20N2O2S2. The average Bonchev–Trinajstić information content (AvgIpc) is 2.39. The van der Waals surface area contributed by atoms with Gasteiger partial charge in [0.2, 0.25) is 10.0 Å². The Morgan fingerprint density at radius 3 is 2.65 bits per heavy atom. The lowest BCUT2D eigenvalue weighted by Gasteiger charge is -2.22. The summed E-state index contributed by atoms with van der Waals surface area (Å²) in [6, 6.07) is 7.17. The van der Waals surface area contributed by atoms with Gasteiger partial charge in [0, 0.05) is 11.6 Å². The molecule has 4 nitrogen and oxygen atoms in total. The molecule has 1 saturated carbocycles. The summed E-state index contributed by atoms with van der Waals surface area (Å²) in [6.45, 7) is 0. The lowest BCUT2D eigenvalue weighted by molar-refractivity contribution is 0.412. The van der Waals surface area contributed by atoms with Crippen molar-refractivity contribution in [3.63, 3.8) is 0 Å². The van der Waals surface area contributed by atoms with Crippen molar-refractivity contribution < 1.29 is 8.42 Å². The summed E-state index contributed by atoms with van der Waals surface area (Å²) in [5, 5.41) is 0. The van der Waals surface area contributed by atoms with Gasteiger partial charge < -0.3 is 5.73 Å². The molecule has 0 spiro atoms. The van der Waals surface area contributed by atoms with Crippen LogP contribution in [0.2, 0.25) is 0 Å². The molecular weight excluding hydrogens is 292 g/mol. The highest BCUT2D eigenvalue weighted by molar-refractivity contribution is 7.88. The normalized spacial score (nSPS) is 17.0. The van der Waals surface area contributed by atoms with Crippen LogP contribution >= 0.6 is 12.2 Å². The molecule has 0 heterocycles. The standard InChI is InChI=1S/C14H20N2O2S2/c15-14(19)12-6-4-5-11(9-12)10-20(17,18)16-13-7-2-1-3-8-13/h4-6,9,13,16H,1-3,7-8,10H2,(H2,15,19). The van der Waals surface area contributed by atoms with E-state index in [1.807, 2.05) is 0 Å². The predicted molar refractivity (Wildman–Crippen MR) is 85.0 cm³/mol. The maximum absolute atomic E-state index is 12.2. The largest absolute Gasteiger partial charge is 0.389 e. The number of thiocarbonyl (C=S) groups is 1. The Kier molecular flexibility index (Phi) is 5.12. The molecule has 1 aliphatic carbocycles. The smallest absolute Gasteiger partial charge is 0.216 e. The molecule has 1 aromatic rings. The second kappa shape index (κ2) is 6.65. The minimum absolute atomic E-state index is 0.0278. The number of sulfonamides is 1. The first-order valence-corrected chi connectivity index (χ1v) is 8.91. The molecule has 0 radical (unpaired) electrons. The molecule has 0 atom stereocenters. The van der Waals surface area contributed by atoms with Crippen LogP contribution in [0, 0.1) is 0 Å². The molecule has 0 unspecified atom stereocenters. The third kappa shape index (κ3) is 4.54. The summed E-state index contributed by atoms with van der Waals surface area (Å²) in [5.74, 6) is -0.0278. The monoisotopic (exact) mass is 312 g/mol. The number of nitrogens with two attached hydrogens (primary N) is 1. The highest BCUT2D eigenvalue weighted by Crippen LogP contribution is 2.19. The van der Waals surface area contributed by atoms with Gasteiger partial charge in [-0.1, -0.05) is 49.7 Å². The van der Waals surface area contributed by atoms with Gasteiger partial charge in [-0.3, -0.25) is 0 Å². The van der Waals surface area contributed by atoms with E-state index in [-0.39, 0.29) is 16.8 Å². The summed E-state index contributed by atoms with van der Waals surface area (Å²) in [4.78, 5) is 0.282. The van der Waals surface area contributed by atoms with Crippen LogP contribution in [-0.2, 0) is 15.8 Å². The molecule has 1 aromatic carbocycles. The minimum atomic E-state index is -3.31. The molecule has 0 aromatic heterocycles. The fraction of sp³-hybridized carbons (Fsp3) is 0.500. The summed E-state index contributed by atoms with van der Waals surface area (Å²) >= 11 is 4.91. The van der Waals surface area contributed by atoms with Gasteiger partial charge >= 0.3 is 0 Å². The van der Waals surface area contributed by atoms with Crippen LogP contribution in [-0.4, -0.2) is 19.4 Å². The molecule has 0 aliphatic heterocycles. The van der Waals surface area contributed by atoms with Gasteiger partial charge in [0.25, 0.3) is 0 Å². The van der Waals surface area contributed by atoms with E-state index < -0.39 is 10.0 Å². The molecule has 110 valence electrons. The zero-order chi connectivity index (χ0) is 14.6. The molecule has 1 fully saturated rings.